The summed E-state index contributed by atoms with van der Waals surface area (Å²) >= 11 is 0. The van der Waals surface area contributed by atoms with Crippen LogP contribution in [0.15, 0.2) is 18.3 Å². The molecule has 0 bridgehead atoms. The van der Waals surface area contributed by atoms with Gasteiger partial charge in [-0.25, -0.2) is 4.79 Å². The molecule has 0 unspecified atom stereocenters. The van der Waals surface area contributed by atoms with Crippen LogP contribution in [-0.4, -0.2) is 20.6 Å². The van der Waals surface area contributed by atoms with Crippen molar-refractivity contribution in [2.45, 2.75) is 13.8 Å². The van der Waals surface area contributed by atoms with Crippen molar-refractivity contribution in [3.8, 4) is 11.3 Å². The van der Waals surface area contributed by atoms with Gasteiger partial charge in [0.05, 0.1) is 0 Å². The van der Waals surface area contributed by atoms with Crippen LogP contribution in [0, 0.1) is 13.8 Å². The maximum absolute atomic E-state index is 10.9. The van der Waals surface area contributed by atoms with E-state index in [4.69, 9.17) is 5.11 Å². The van der Waals surface area contributed by atoms with Gasteiger partial charge in [-0.1, -0.05) is 0 Å². The molecule has 84 valence electrons. The molecule has 0 amide bonds. The minimum absolute atomic E-state index is 0.261. The Morgan fingerprint density at radius 3 is 2.50 bits per heavy atom. The van der Waals surface area contributed by atoms with Crippen LogP contribution in [0.5, 0.6) is 0 Å². The monoisotopic (exact) mass is 218 g/mol. The number of carbonyl (C=O) groups is 1. The van der Waals surface area contributed by atoms with Crippen LogP contribution in [0.25, 0.3) is 11.3 Å². The van der Waals surface area contributed by atoms with E-state index in [-0.39, 0.29) is 5.69 Å². The van der Waals surface area contributed by atoms with Gasteiger partial charge >= 0.3 is 5.97 Å². The number of aromatic amines is 1. The zero-order valence-electron chi connectivity index (χ0n) is 9.53. The number of rotatable bonds is 2. The first kappa shape index (κ1) is 10.5. The fourth-order valence-corrected chi connectivity index (χ4v) is 1.76. The molecule has 4 heteroatoms. The predicted molar refractivity (Wildman–Crippen MR) is 61.6 cm³/mol. The van der Waals surface area contributed by atoms with E-state index in [0.29, 0.717) is 0 Å². The number of H-pyrrole nitrogens is 1. The number of nitrogens with one attached hydrogen (secondary N) is 1. The van der Waals surface area contributed by atoms with Crippen molar-refractivity contribution in [1.82, 2.24) is 9.55 Å². The molecule has 0 aliphatic heterocycles. The lowest BCUT2D eigenvalue weighted by molar-refractivity contribution is 0.0690. The molecule has 0 spiro atoms. The molecule has 0 atom stereocenters. The molecule has 0 fully saturated rings. The van der Waals surface area contributed by atoms with Crippen molar-refractivity contribution in [3.05, 3.63) is 35.3 Å². The van der Waals surface area contributed by atoms with Gasteiger partial charge in [0, 0.05) is 30.2 Å². The predicted octanol–water partition coefficient (Wildman–Crippen LogP) is 2.34. The molecule has 16 heavy (non-hydrogen) atoms. The summed E-state index contributed by atoms with van der Waals surface area (Å²) in [5.41, 5.74) is 4.01. The lowest BCUT2D eigenvalue weighted by atomic mass is 10.2. The Balaban J connectivity index is 2.49. The van der Waals surface area contributed by atoms with Gasteiger partial charge in [0.1, 0.15) is 5.69 Å². The summed E-state index contributed by atoms with van der Waals surface area (Å²) in [6.07, 6.45) is 1.98. The van der Waals surface area contributed by atoms with E-state index in [9.17, 15) is 4.79 Å². The second-order valence-corrected chi connectivity index (χ2v) is 4.03. The van der Waals surface area contributed by atoms with Gasteiger partial charge in [0.25, 0.3) is 0 Å². The fraction of sp³-hybridized carbons (Fsp3) is 0.250. The molecule has 2 heterocycles. The number of aromatic carboxylic acids is 1. The van der Waals surface area contributed by atoms with Crippen molar-refractivity contribution in [2.75, 3.05) is 0 Å². The zero-order valence-corrected chi connectivity index (χ0v) is 9.53. The van der Waals surface area contributed by atoms with Crippen LogP contribution in [-0.2, 0) is 7.05 Å². The van der Waals surface area contributed by atoms with Crippen molar-refractivity contribution in [1.29, 1.82) is 0 Å². The molecule has 2 N–H and O–H groups in total. The van der Waals surface area contributed by atoms with E-state index in [1.807, 2.05) is 36.9 Å². The minimum atomic E-state index is -0.920. The number of aromatic nitrogens is 2. The quantitative estimate of drug-likeness (QED) is 0.812. The summed E-state index contributed by atoms with van der Waals surface area (Å²) in [6.45, 7) is 3.80. The highest BCUT2D eigenvalue weighted by Gasteiger charge is 2.12. The number of aryl methyl sites for hydroxylation is 3. The molecule has 2 aromatic heterocycles. The first-order chi connectivity index (χ1) is 7.49. The average molecular weight is 218 g/mol. The molecule has 0 saturated heterocycles. The highest BCUT2D eigenvalue weighted by molar-refractivity contribution is 5.88. The third-order valence-electron chi connectivity index (χ3n) is 2.79. The summed E-state index contributed by atoms with van der Waals surface area (Å²) in [7, 11) is 1.97. The normalized spacial score (nSPS) is 10.7. The first-order valence-electron chi connectivity index (χ1n) is 5.05. The lowest BCUT2D eigenvalue weighted by Crippen LogP contribution is -1.98. The Hall–Kier alpha value is -1.97. The second-order valence-electron chi connectivity index (χ2n) is 4.03. The van der Waals surface area contributed by atoms with Gasteiger partial charge in [-0.05, 0) is 31.5 Å². The third-order valence-corrected chi connectivity index (χ3v) is 2.79. The van der Waals surface area contributed by atoms with Crippen LogP contribution < -0.4 is 0 Å². The lowest BCUT2D eigenvalue weighted by Gasteiger charge is -1.92. The van der Waals surface area contributed by atoms with Crippen LogP contribution in [0.1, 0.15) is 21.7 Å². The molecule has 4 nitrogen and oxygen atoms in total. The second kappa shape index (κ2) is 3.56. The van der Waals surface area contributed by atoms with Crippen molar-refractivity contribution < 1.29 is 9.90 Å². The minimum Gasteiger partial charge on any atom is -0.477 e. The molecule has 2 aromatic rings. The van der Waals surface area contributed by atoms with Crippen LogP contribution in [0.3, 0.4) is 0 Å². The molecule has 0 aromatic carbocycles. The van der Waals surface area contributed by atoms with Crippen LogP contribution >= 0.6 is 0 Å². The fourth-order valence-electron chi connectivity index (χ4n) is 1.76. The van der Waals surface area contributed by atoms with Gasteiger partial charge < -0.3 is 14.7 Å². The number of carboxylic acid groups (broad SMARTS) is 1. The number of carboxylic acids is 1. The van der Waals surface area contributed by atoms with E-state index in [1.165, 1.54) is 0 Å². The Bertz CT molecular complexity index is 530. The largest absolute Gasteiger partial charge is 0.477 e. The number of hydrogen-bond donors (Lipinski definition) is 2. The molecular formula is C12H14N2O2. The first-order valence-corrected chi connectivity index (χ1v) is 5.05. The standard InChI is InChI=1S/C12H14N2O2/c1-7-4-10(13-11(7)12(15)16)9-5-8(2)14(3)6-9/h4-6,13H,1-3H3,(H,15,16). The number of nitrogens with zero attached hydrogens (tertiary/aromatic N) is 1. The van der Waals surface area contributed by atoms with E-state index in [1.54, 1.807) is 6.92 Å². The Morgan fingerprint density at radius 2 is 2.06 bits per heavy atom. The van der Waals surface area contributed by atoms with Gasteiger partial charge in [-0.15, -0.1) is 0 Å². The topological polar surface area (TPSA) is 58.0 Å². The van der Waals surface area contributed by atoms with Crippen LogP contribution in [0.2, 0.25) is 0 Å². The van der Waals surface area contributed by atoms with Crippen molar-refractivity contribution in [2.24, 2.45) is 7.05 Å². The van der Waals surface area contributed by atoms with Gasteiger partial charge in [-0.3, -0.25) is 0 Å². The Kier molecular flexibility index (Phi) is 2.34. The van der Waals surface area contributed by atoms with E-state index in [0.717, 1.165) is 22.5 Å². The molecule has 0 aliphatic carbocycles. The highest BCUT2D eigenvalue weighted by Crippen LogP contribution is 2.23. The summed E-state index contributed by atoms with van der Waals surface area (Å²) in [5.74, 6) is -0.920. The van der Waals surface area contributed by atoms with Gasteiger partial charge in [-0.2, -0.15) is 0 Å². The smallest absolute Gasteiger partial charge is 0.352 e. The SMILES string of the molecule is Cc1cc(-c2cc(C)n(C)c2)[nH]c1C(=O)O. The molecular weight excluding hydrogens is 204 g/mol. The molecule has 2 rings (SSSR count). The van der Waals surface area contributed by atoms with Crippen molar-refractivity contribution >= 4 is 5.97 Å². The summed E-state index contributed by atoms with van der Waals surface area (Å²) < 4.78 is 2.01. The Labute approximate surface area is 93.5 Å². The van der Waals surface area contributed by atoms with E-state index in [2.05, 4.69) is 4.98 Å². The highest BCUT2D eigenvalue weighted by atomic mass is 16.4. The third kappa shape index (κ3) is 1.62. The van der Waals surface area contributed by atoms with E-state index < -0.39 is 5.97 Å². The Morgan fingerprint density at radius 1 is 1.38 bits per heavy atom. The van der Waals surface area contributed by atoms with Gasteiger partial charge in [0.2, 0.25) is 0 Å². The molecule has 0 aliphatic rings. The number of hydrogen-bond acceptors (Lipinski definition) is 1. The average Bonchev–Trinajstić information content (AvgIpc) is 2.71. The summed E-state index contributed by atoms with van der Waals surface area (Å²) in [4.78, 5) is 13.8. The van der Waals surface area contributed by atoms with Crippen molar-refractivity contribution in [3.63, 3.8) is 0 Å². The van der Waals surface area contributed by atoms with E-state index >= 15 is 0 Å². The maximum atomic E-state index is 10.9. The van der Waals surface area contributed by atoms with Crippen LogP contribution in [0.4, 0.5) is 0 Å². The zero-order chi connectivity index (χ0) is 11.9. The van der Waals surface area contributed by atoms with Gasteiger partial charge in [0.15, 0.2) is 0 Å². The maximum Gasteiger partial charge on any atom is 0.352 e. The summed E-state index contributed by atoms with van der Waals surface area (Å²) in [5, 5.41) is 8.95. The molecule has 0 radical (unpaired) electrons. The molecule has 0 saturated carbocycles. The summed E-state index contributed by atoms with van der Waals surface area (Å²) in [6, 6.07) is 3.88.